The van der Waals surface area contributed by atoms with Gasteiger partial charge in [-0.25, -0.2) is 4.79 Å². The summed E-state index contributed by atoms with van der Waals surface area (Å²) in [6.07, 6.45) is 0.636. The first-order valence-corrected chi connectivity index (χ1v) is 9.75. The van der Waals surface area contributed by atoms with Gasteiger partial charge in [-0.1, -0.05) is 36.2 Å². The number of amides is 1. The van der Waals surface area contributed by atoms with E-state index < -0.39 is 5.63 Å². The number of nitrogens with zero attached hydrogens (tertiary/aromatic N) is 1. The topological polar surface area (TPSA) is 82.8 Å². The first kappa shape index (κ1) is 21.2. The van der Waals surface area contributed by atoms with Crippen LogP contribution in [0.3, 0.4) is 0 Å². The second kappa shape index (κ2) is 8.86. The number of carbonyl (C=O) groups is 1. The first-order valence-electron chi connectivity index (χ1n) is 8.99. The lowest BCUT2D eigenvalue weighted by Crippen LogP contribution is -2.30. The van der Waals surface area contributed by atoms with Crippen molar-refractivity contribution in [3.05, 3.63) is 68.0 Å². The van der Waals surface area contributed by atoms with Crippen molar-refractivity contribution in [1.82, 2.24) is 4.90 Å². The summed E-state index contributed by atoms with van der Waals surface area (Å²) in [5.41, 5.74) is 1.61. The maximum Gasteiger partial charge on any atom is 0.336 e. The fourth-order valence-corrected chi connectivity index (χ4v) is 3.60. The zero-order valence-electron chi connectivity index (χ0n) is 16.0. The van der Waals surface area contributed by atoms with Crippen molar-refractivity contribution < 1.29 is 14.3 Å². The number of likely N-dealkylation sites (N-methyl/N-ethyl adjacent to an activating group) is 1. The molecule has 152 valence electrons. The Morgan fingerprint density at radius 3 is 2.52 bits per heavy atom. The van der Waals surface area contributed by atoms with Crippen molar-refractivity contribution in [2.45, 2.75) is 19.9 Å². The van der Waals surface area contributed by atoms with Crippen LogP contribution in [0.4, 0.5) is 5.69 Å². The van der Waals surface area contributed by atoms with Crippen LogP contribution in [0.5, 0.6) is 5.75 Å². The number of fused-ring (bicyclic) bond motifs is 1. The molecule has 29 heavy (non-hydrogen) atoms. The number of aryl methyl sites for hydroxylation is 1. The summed E-state index contributed by atoms with van der Waals surface area (Å²) < 4.78 is 5.21. The first-order chi connectivity index (χ1) is 13.8. The monoisotopic (exact) mass is 434 g/mol. The Bertz CT molecular complexity index is 1110. The molecule has 1 amide bonds. The summed E-state index contributed by atoms with van der Waals surface area (Å²) >= 11 is 12.2. The van der Waals surface area contributed by atoms with E-state index in [1.807, 2.05) is 6.92 Å². The standard InChI is InChI=1S/C21H20Cl2N2O4/c1-3-12-7-14-13(8-20(28)29-18(14)9-17(12)26)10-25(2)11-19(27)24-21-15(22)5-4-6-16(21)23/h4-9,26H,3,10-11H2,1-2H3,(H,24,27). The molecule has 2 N–H and O–H groups in total. The lowest BCUT2D eigenvalue weighted by Gasteiger charge is -2.18. The Labute approximate surface area is 177 Å². The number of phenolic OH excluding ortho intramolecular Hbond substituents is 1. The van der Waals surface area contributed by atoms with Crippen LogP contribution in [0, 0.1) is 0 Å². The lowest BCUT2D eigenvalue weighted by molar-refractivity contribution is -0.117. The van der Waals surface area contributed by atoms with Gasteiger partial charge in [-0.2, -0.15) is 0 Å². The van der Waals surface area contributed by atoms with Gasteiger partial charge in [0.2, 0.25) is 5.91 Å². The Kier molecular flexibility index (Phi) is 6.47. The number of benzene rings is 2. The normalized spacial score (nSPS) is 11.2. The molecule has 3 aromatic rings. The number of aromatic hydroxyl groups is 1. The van der Waals surface area contributed by atoms with E-state index in [1.54, 1.807) is 36.2 Å². The zero-order valence-corrected chi connectivity index (χ0v) is 17.5. The minimum Gasteiger partial charge on any atom is -0.508 e. The predicted octanol–water partition coefficient (Wildman–Crippen LogP) is 4.44. The van der Waals surface area contributed by atoms with Crippen molar-refractivity contribution >= 4 is 45.8 Å². The van der Waals surface area contributed by atoms with Gasteiger partial charge in [-0.05, 0) is 42.8 Å². The van der Waals surface area contributed by atoms with Gasteiger partial charge in [0.05, 0.1) is 22.3 Å². The number of phenols is 1. The summed E-state index contributed by atoms with van der Waals surface area (Å²) in [6, 6.07) is 9.64. The van der Waals surface area contributed by atoms with Gasteiger partial charge in [0, 0.05) is 24.1 Å². The van der Waals surface area contributed by atoms with E-state index in [-0.39, 0.29) is 18.2 Å². The van der Waals surface area contributed by atoms with Gasteiger partial charge in [0.25, 0.3) is 0 Å². The second-order valence-corrected chi connectivity index (χ2v) is 7.55. The van der Waals surface area contributed by atoms with Gasteiger partial charge in [-0.3, -0.25) is 9.69 Å². The third-order valence-corrected chi connectivity index (χ3v) is 5.12. The highest BCUT2D eigenvalue weighted by Gasteiger charge is 2.15. The molecule has 0 bridgehead atoms. The molecule has 0 atom stereocenters. The van der Waals surface area contributed by atoms with Crippen LogP contribution >= 0.6 is 23.2 Å². The number of para-hydroxylation sites is 1. The minimum atomic E-state index is -0.517. The van der Waals surface area contributed by atoms with E-state index in [0.29, 0.717) is 39.8 Å². The van der Waals surface area contributed by atoms with Crippen molar-refractivity contribution in [3.63, 3.8) is 0 Å². The molecule has 0 aliphatic heterocycles. The summed E-state index contributed by atoms with van der Waals surface area (Å²) in [7, 11) is 1.76. The quantitative estimate of drug-likeness (QED) is 0.560. The largest absolute Gasteiger partial charge is 0.508 e. The molecule has 0 unspecified atom stereocenters. The molecular weight excluding hydrogens is 415 g/mol. The zero-order chi connectivity index (χ0) is 21.1. The highest BCUT2D eigenvalue weighted by molar-refractivity contribution is 6.39. The van der Waals surface area contributed by atoms with Crippen LogP contribution < -0.4 is 10.9 Å². The molecule has 0 spiro atoms. The molecule has 2 aromatic carbocycles. The van der Waals surface area contributed by atoms with Gasteiger partial charge in [0.15, 0.2) is 0 Å². The summed E-state index contributed by atoms with van der Waals surface area (Å²) in [5, 5.41) is 14.2. The fourth-order valence-electron chi connectivity index (χ4n) is 3.11. The molecule has 0 radical (unpaired) electrons. The number of anilines is 1. The average molecular weight is 435 g/mol. The third-order valence-electron chi connectivity index (χ3n) is 4.49. The molecule has 0 aliphatic carbocycles. The lowest BCUT2D eigenvalue weighted by atomic mass is 10.0. The molecule has 8 heteroatoms. The molecule has 0 aliphatic rings. The Hall–Kier alpha value is -2.54. The van der Waals surface area contributed by atoms with E-state index in [2.05, 4.69) is 5.32 Å². The Morgan fingerprint density at radius 2 is 1.86 bits per heavy atom. The Balaban J connectivity index is 1.80. The number of rotatable bonds is 6. The molecule has 3 rings (SSSR count). The van der Waals surface area contributed by atoms with Crippen LogP contribution in [0.2, 0.25) is 10.0 Å². The molecule has 1 aromatic heterocycles. The van der Waals surface area contributed by atoms with E-state index in [1.165, 1.54) is 12.1 Å². The van der Waals surface area contributed by atoms with Gasteiger partial charge in [-0.15, -0.1) is 0 Å². The number of halogens is 2. The van der Waals surface area contributed by atoms with Crippen molar-refractivity contribution in [3.8, 4) is 5.75 Å². The number of hydrogen-bond donors (Lipinski definition) is 2. The molecule has 0 saturated heterocycles. The molecule has 0 saturated carbocycles. The number of carbonyl (C=O) groups excluding carboxylic acids is 1. The minimum absolute atomic E-state index is 0.0575. The van der Waals surface area contributed by atoms with E-state index >= 15 is 0 Å². The summed E-state index contributed by atoms with van der Waals surface area (Å²) in [5.74, 6) is -0.202. The van der Waals surface area contributed by atoms with Crippen LogP contribution in [0.15, 0.2) is 45.6 Å². The maximum atomic E-state index is 12.4. The molecule has 6 nitrogen and oxygen atoms in total. The van der Waals surface area contributed by atoms with E-state index in [4.69, 9.17) is 27.6 Å². The van der Waals surface area contributed by atoms with Crippen LogP contribution in [-0.4, -0.2) is 29.5 Å². The molecule has 1 heterocycles. The smallest absolute Gasteiger partial charge is 0.336 e. The second-order valence-electron chi connectivity index (χ2n) is 6.74. The van der Waals surface area contributed by atoms with Crippen LogP contribution in [0.1, 0.15) is 18.1 Å². The molecular formula is C21H20Cl2N2O4. The van der Waals surface area contributed by atoms with E-state index in [9.17, 15) is 14.7 Å². The van der Waals surface area contributed by atoms with Crippen molar-refractivity contribution in [2.24, 2.45) is 0 Å². The highest BCUT2D eigenvalue weighted by Crippen LogP contribution is 2.30. The van der Waals surface area contributed by atoms with Gasteiger partial charge < -0.3 is 14.8 Å². The predicted molar refractivity (Wildman–Crippen MR) is 115 cm³/mol. The Morgan fingerprint density at radius 1 is 1.17 bits per heavy atom. The van der Waals surface area contributed by atoms with Crippen molar-refractivity contribution in [2.75, 3.05) is 18.9 Å². The van der Waals surface area contributed by atoms with Crippen LogP contribution in [0.25, 0.3) is 11.0 Å². The van der Waals surface area contributed by atoms with E-state index in [0.717, 1.165) is 10.9 Å². The molecule has 0 fully saturated rings. The third kappa shape index (κ3) is 4.90. The highest BCUT2D eigenvalue weighted by atomic mass is 35.5. The van der Waals surface area contributed by atoms with Crippen LogP contribution in [-0.2, 0) is 17.8 Å². The van der Waals surface area contributed by atoms with Gasteiger partial charge in [0.1, 0.15) is 11.3 Å². The van der Waals surface area contributed by atoms with Gasteiger partial charge >= 0.3 is 5.63 Å². The van der Waals surface area contributed by atoms with Crippen molar-refractivity contribution in [1.29, 1.82) is 0 Å². The number of hydrogen-bond acceptors (Lipinski definition) is 5. The maximum absolute atomic E-state index is 12.4. The SMILES string of the molecule is CCc1cc2c(CN(C)CC(=O)Nc3c(Cl)cccc3Cl)cc(=O)oc2cc1O. The summed E-state index contributed by atoms with van der Waals surface area (Å²) in [4.78, 5) is 26.1. The summed E-state index contributed by atoms with van der Waals surface area (Å²) in [6.45, 7) is 2.32. The average Bonchev–Trinajstić information content (AvgIpc) is 2.64. The fraction of sp³-hybridized carbons (Fsp3) is 0.238. The number of nitrogens with one attached hydrogen (secondary N) is 1.